The van der Waals surface area contributed by atoms with Gasteiger partial charge in [0.2, 0.25) is 5.90 Å². The highest BCUT2D eigenvalue weighted by molar-refractivity contribution is 6.01. The second kappa shape index (κ2) is 16.5. The molecule has 1 aliphatic heterocycles. The van der Waals surface area contributed by atoms with Crippen LogP contribution in [0.4, 0.5) is 5.69 Å². The number of nitrogens with one attached hydrogen (secondary N) is 2. The van der Waals surface area contributed by atoms with Crippen molar-refractivity contribution in [2.75, 3.05) is 19.8 Å². The van der Waals surface area contributed by atoms with Gasteiger partial charge in [-0.15, -0.1) is 0 Å². The number of azide groups is 2. The highest BCUT2D eigenvalue weighted by atomic mass is 16.5. The Balaban J connectivity index is 1.58. The molecule has 0 aromatic heterocycles. The zero-order chi connectivity index (χ0) is 32.9. The van der Waals surface area contributed by atoms with Crippen molar-refractivity contribution in [3.05, 3.63) is 116 Å². The number of aliphatic imine (C=N–C) groups is 1. The summed E-state index contributed by atoms with van der Waals surface area (Å²) in [5.41, 5.74) is 26.0. The molecule has 13 nitrogen and oxygen atoms in total. The van der Waals surface area contributed by atoms with Gasteiger partial charge >= 0.3 is 0 Å². The first-order valence-corrected chi connectivity index (χ1v) is 15.9. The van der Waals surface area contributed by atoms with Crippen molar-refractivity contribution in [2.45, 2.75) is 63.1 Å². The number of benzene rings is 3. The molecule has 1 aliphatic carbocycles. The van der Waals surface area contributed by atoms with Crippen molar-refractivity contribution in [1.29, 1.82) is 0 Å². The Hall–Kier alpha value is -5.06. The Labute approximate surface area is 273 Å². The van der Waals surface area contributed by atoms with Crippen LogP contribution in [0, 0.1) is 5.92 Å². The van der Waals surface area contributed by atoms with E-state index >= 15 is 0 Å². The number of hydrogen-bond donors (Lipinski definition) is 3. The number of carbonyl (C=O) groups is 1. The van der Waals surface area contributed by atoms with Crippen LogP contribution in [0.15, 0.2) is 88.0 Å². The molecule has 1 saturated carbocycles. The van der Waals surface area contributed by atoms with Crippen LogP contribution in [0.2, 0.25) is 0 Å². The maximum atomic E-state index is 14.6. The van der Waals surface area contributed by atoms with Gasteiger partial charge in [0.1, 0.15) is 5.75 Å². The number of rotatable bonds is 15. The fraction of sp³-hybridized carbons (Fsp3) is 0.412. The summed E-state index contributed by atoms with van der Waals surface area (Å²) in [6.07, 6.45) is 5.43. The summed E-state index contributed by atoms with van der Waals surface area (Å²) in [5.74, 6) is 0.909. The third kappa shape index (κ3) is 8.21. The smallest absolute Gasteiger partial charge is 0.266 e. The molecule has 244 valence electrons. The van der Waals surface area contributed by atoms with E-state index in [2.05, 4.69) is 30.9 Å². The molecular weight excluding hydrogens is 598 g/mol. The van der Waals surface area contributed by atoms with Gasteiger partial charge in [-0.3, -0.25) is 10.2 Å². The van der Waals surface area contributed by atoms with Crippen molar-refractivity contribution < 1.29 is 19.4 Å². The van der Waals surface area contributed by atoms with Gasteiger partial charge in [0.05, 0.1) is 13.2 Å². The predicted octanol–water partition coefficient (Wildman–Crippen LogP) is 6.90. The van der Waals surface area contributed by atoms with E-state index in [-0.39, 0.29) is 25.5 Å². The first-order valence-electron chi connectivity index (χ1n) is 15.9. The summed E-state index contributed by atoms with van der Waals surface area (Å²) < 4.78 is 12.3. The lowest BCUT2D eigenvalue weighted by Crippen LogP contribution is -2.54. The van der Waals surface area contributed by atoms with Crippen LogP contribution in [0.1, 0.15) is 66.9 Å². The number of amides is 1. The van der Waals surface area contributed by atoms with Gasteiger partial charge < -0.3 is 14.6 Å². The maximum Gasteiger partial charge on any atom is 0.266 e. The molecule has 0 unspecified atom stereocenters. The molecule has 3 N–H and O–H groups in total. The Morgan fingerprint density at radius 1 is 1.00 bits per heavy atom. The monoisotopic (exact) mass is 637 g/mol. The SMILES string of the molecule is [N-]=[N+]=NCc1ccccc1C[C@]1(C(=O)NNCC2CCCCC2)N=C(c2ccc(OCCCO)cc2)O[C@H]1c1ccccc1N=[N+]=[N-]. The second-order valence-electron chi connectivity index (χ2n) is 11.7. The van der Waals surface area contributed by atoms with Crippen LogP contribution in [-0.2, 0) is 22.5 Å². The minimum atomic E-state index is -1.56. The van der Waals surface area contributed by atoms with Gasteiger partial charge in [-0.1, -0.05) is 78.0 Å². The van der Waals surface area contributed by atoms with Gasteiger partial charge in [-0.25, -0.2) is 10.4 Å². The third-order valence-corrected chi connectivity index (χ3v) is 8.60. The molecule has 1 fully saturated rings. The minimum Gasteiger partial charge on any atom is -0.494 e. The summed E-state index contributed by atoms with van der Waals surface area (Å²) in [7, 11) is 0. The zero-order valence-corrected chi connectivity index (χ0v) is 26.2. The summed E-state index contributed by atoms with van der Waals surface area (Å²) in [5, 5.41) is 16.8. The van der Waals surface area contributed by atoms with Crippen LogP contribution in [0.5, 0.6) is 5.75 Å². The van der Waals surface area contributed by atoms with E-state index in [1.165, 1.54) is 19.3 Å². The number of hydrogen-bond acceptors (Lipinski definition) is 8. The average Bonchev–Trinajstić information content (AvgIpc) is 3.49. The van der Waals surface area contributed by atoms with E-state index < -0.39 is 17.6 Å². The van der Waals surface area contributed by atoms with Crippen LogP contribution in [0.25, 0.3) is 20.9 Å². The van der Waals surface area contributed by atoms with Crippen molar-refractivity contribution in [3.63, 3.8) is 0 Å². The molecule has 47 heavy (non-hydrogen) atoms. The van der Waals surface area contributed by atoms with Crippen LogP contribution < -0.4 is 15.6 Å². The summed E-state index contributed by atoms with van der Waals surface area (Å²) >= 11 is 0. The molecule has 0 spiro atoms. The van der Waals surface area contributed by atoms with Gasteiger partial charge in [0.15, 0.2) is 11.6 Å². The highest BCUT2D eigenvalue weighted by Gasteiger charge is 2.54. The molecule has 5 rings (SSSR count). The highest BCUT2D eigenvalue weighted by Crippen LogP contribution is 2.45. The number of ether oxygens (including phenoxy) is 2. The summed E-state index contributed by atoms with van der Waals surface area (Å²) in [6.45, 7) is 1.13. The topological polar surface area (TPSA) is 190 Å². The van der Waals surface area contributed by atoms with E-state index in [4.69, 9.17) is 25.1 Å². The molecule has 3 aromatic rings. The van der Waals surface area contributed by atoms with Crippen molar-refractivity contribution in [1.82, 2.24) is 10.9 Å². The molecule has 3 aromatic carbocycles. The number of hydrazine groups is 1. The Kier molecular flexibility index (Phi) is 11.7. The van der Waals surface area contributed by atoms with Gasteiger partial charge in [-0.2, -0.15) is 0 Å². The molecule has 0 bridgehead atoms. The lowest BCUT2D eigenvalue weighted by atomic mass is 9.80. The Bertz CT molecular complexity index is 1650. The lowest BCUT2D eigenvalue weighted by molar-refractivity contribution is -0.130. The average molecular weight is 638 g/mol. The summed E-state index contributed by atoms with van der Waals surface area (Å²) in [6, 6.07) is 21.6. The number of nitrogens with zero attached hydrogens (tertiary/aromatic N) is 7. The van der Waals surface area contributed by atoms with Gasteiger partial charge in [-0.05, 0) is 65.2 Å². The normalized spacial score (nSPS) is 19.1. The van der Waals surface area contributed by atoms with E-state index in [0.717, 1.165) is 24.0 Å². The Morgan fingerprint density at radius 3 is 2.49 bits per heavy atom. The van der Waals surface area contributed by atoms with Crippen LogP contribution >= 0.6 is 0 Å². The maximum absolute atomic E-state index is 14.6. The molecular formula is C34H39N9O4. The third-order valence-electron chi connectivity index (χ3n) is 8.60. The standard InChI is InChI=1S/C34H39N9O4/c35-42-38-23-27-12-5-4-11-26(27)21-34(33(45)41-37-22-24-9-2-1-3-10-24)31(29-13-6-7-14-30(29)40-43-36)47-32(39-34)25-15-17-28(18-16-25)46-20-8-19-44/h4-7,11-18,24,31,37,44H,1-3,8-10,19-23H2,(H,41,45)/t31-,34-/m0/s1. The molecule has 0 saturated heterocycles. The van der Waals surface area contributed by atoms with E-state index in [1.54, 1.807) is 48.5 Å². The fourth-order valence-electron chi connectivity index (χ4n) is 6.17. The number of aliphatic hydroxyl groups is 1. The second-order valence-corrected chi connectivity index (χ2v) is 11.7. The molecule has 1 heterocycles. The van der Waals surface area contributed by atoms with Gasteiger partial charge in [0, 0.05) is 52.6 Å². The quantitative estimate of drug-likeness (QED) is 0.0536. The lowest BCUT2D eigenvalue weighted by Gasteiger charge is -2.32. The number of carbonyl (C=O) groups excluding carboxylic acids is 1. The van der Waals surface area contributed by atoms with E-state index in [0.29, 0.717) is 48.1 Å². The van der Waals surface area contributed by atoms with Crippen LogP contribution in [0.3, 0.4) is 0 Å². The molecule has 13 heteroatoms. The molecule has 1 amide bonds. The molecule has 0 radical (unpaired) electrons. The van der Waals surface area contributed by atoms with Crippen molar-refractivity contribution in [2.24, 2.45) is 21.1 Å². The van der Waals surface area contributed by atoms with Gasteiger partial charge in [0.25, 0.3) is 5.91 Å². The molecule has 2 aliphatic rings. The first-order chi connectivity index (χ1) is 23.1. The largest absolute Gasteiger partial charge is 0.494 e. The van der Waals surface area contributed by atoms with E-state index in [9.17, 15) is 10.3 Å². The number of aliphatic hydroxyl groups excluding tert-OH is 1. The predicted molar refractivity (Wildman–Crippen MR) is 178 cm³/mol. The fourth-order valence-corrected chi connectivity index (χ4v) is 6.17. The van der Waals surface area contributed by atoms with Crippen molar-refractivity contribution in [3.8, 4) is 5.75 Å². The zero-order valence-electron chi connectivity index (χ0n) is 26.2. The van der Waals surface area contributed by atoms with Crippen LogP contribution in [-0.4, -0.2) is 42.2 Å². The van der Waals surface area contributed by atoms with Crippen molar-refractivity contribution >= 4 is 17.5 Å². The minimum absolute atomic E-state index is 0.0348. The first kappa shape index (κ1) is 33.3. The van der Waals surface area contributed by atoms with E-state index in [1.807, 2.05) is 24.3 Å². The Morgan fingerprint density at radius 2 is 1.74 bits per heavy atom. The summed E-state index contributed by atoms with van der Waals surface area (Å²) in [4.78, 5) is 25.6. The molecule has 2 atom stereocenters.